The van der Waals surface area contributed by atoms with Crippen molar-refractivity contribution in [2.75, 3.05) is 5.73 Å². The molecule has 2 N–H and O–H groups in total. The van der Waals surface area contributed by atoms with E-state index in [0.717, 1.165) is 11.3 Å². The van der Waals surface area contributed by atoms with E-state index in [1.54, 1.807) is 27.6 Å². The average Bonchev–Trinajstić information content (AvgIpc) is 3.05. The molecule has 0 aliphatic carbocycles. The number of rotatable bonds is 3. The molecular weight excluding hydrogens is 268 g/mol. The van der Waals surface area contributed by atoms with Crippen LogP contribution in [0, 0.1) is 0 Å². The number of aromatic nitrogens is 3. The lowest BCUT2D eigenvalue weighted by Gasteiger charge is -2.06. The first-order valence-electron chi connectivity index (χ1n) is 6.69. The van der Waals surface area contributed by atoms with Gasteiger partial charge in [-0.3, -0.25) is 9.13 Å². The number of benzene rings is 1. The van der Waals surface area contributed by atoms with Gasteiger partial charge < -0.3 is 10.3 Å². The van der Waals surface area contributed by atoms with Gasteiger partial charge in [-0.15, -0.1) is 0 Å². The molecule has 1 aromatic carbocycles. The lowest BCUT2D eigenvalue weighted by atomic mass is 10.1. The second-order valence-electron chi connectivity index (χ2n) is 5.12. The summed E-state index contributed by atoms with van der Waals surface area (Å²) in [5, 5.41) is 3.88. The molecule has 0 saturated heterocycles. The van der Waals surface area contributed by atoms with E-state index in [-0.39, 0.29) is 17.6 Å². The molecule has 2 heterocycles. The number of nitrogens with two attached hydrogens (primary N) is 1. The summed E-state index contributed by atoms with van der Waals surface area (Å²) in [6.45, 7) is 3.95. The van der Waals surface area contributed by atoms with Crippen molar-refractivity contribution in [1.82, 2.24) is 14.3 Å². The first kappa shape index (κ1) is 13.2. The molecule has 0 saturated carbocycles. The predicted molar refractivity (Wildman–Crippen MR) is 80.3 cm³/mol. The summed E-state index contributed by atoms with van der Waals surface area (Å²) < 4.78 is 8.16. The third-order valence-electron chi connectivity index (χ3n) is 3.31. The quantitative estimate of drug-likeness (QED) is 0.801. The standard InChI is InChI=1S/C15H16N4O2/c1-10(2)18-6-7-19(15(18)20)12-5-3-4-11(8-12)13-9-14(16)21-17-13/h3-10H,16H2,1-2H3. The lowest BCUT2D eigenvalue weighted by Crippen LogP contribution is -2.24. The number of nitrogen functional groups attached to an aromatic ring is 1. The summed E-state index contributed by atoms with van der Waals surface area (Å²) in [6.07, 6.45) is 3.55. The Morgan fingerprint density at radius 3 is 2.67 bits per heavy atom. The summed E-state index contributed by atoms with van der Waals surface area (Å²) in [6, 6.07) is 9.29. The smallest absolute Gasteiger partial charge is 0.332 e. The van der Waals surface area contributed by atoms with Crippen molar-refractivity contribution >= 4 is 5.88 Å². The Labute approximate surface area is 121 Å². The van der Waals surface area contributed by atoms with Crippen LogP contribution in [0.2, 0.25) is 0 Å². The molecule has 108 valence electrons. The highest BCUT2D eigenvalue weighted by Crippen LogP contribution is 2.22. The third-order valence-corrected chi connectivity index (χ3v) is 3.31. The normalized spacial score (nSPS) is 11.2. The number of hydrogen-bond donors (Lipinski definition) is 1. The molecular formula is C15H16N4O2. The van der Waals surface area contributed by atoms with Crippen molar-refractivity contribution in [3.63, 3.8) is 0 Å². The van der Waals surface area contributed by atoms with Crippen molar-refractivity contribution in [2.24, 2.45) is 0 Å². The number of nitrogens with zero attached hydrogens (tertiary/aromatic N) is 3. The van der Waals surface area contributed by atoms with E-state index in [2.05, 4.69) is 5.16 Å². The van der Waals surface area contributed by atoms with E-state index < -0.39 is 0 Å². The van der Waals surface area contributed by atoms with Crippen molar-refractivity contribution < 1.29 is 4.52 Å². The molecule has 0 fully saturated rings. The summed E-state index contributed by atoms with van der Waals surface area (Å²) in [7, 11) is 0. The predicted octanol–water partition coefficient (Wildman–Crippen LogP) is 2.46. The molecule has 6 heteroatoms. The minimum atomic E-state index is -0.0678. The first-order valence-corrected chi connectivity index (χ1v) is 6.69. The van der Waals surface area contributed by atoms with Gasteiger partial charge in [-0.1, -0.05) is 17.3 Å². The Morgan fingerprint density at radius 1 is 1.24 bits per heavy atom. The Morgan fingerprint density at radius 2 is 2.05 bits per heavy atom. The van der Waals surface area contributed by atoms with Gasteiger partial charge in [0.2, 0.25) is 5.88 Å². The monoisotopic (exact) mass is 284 g/mol. The molecule has 0 unspecified atom stereocenters. The van der Waals surface area contributed by atoms with E-state index in [9.17, 15) is 4.79 Å². The fraction of sp³-hybridized carbons (Fsp3) is 0.200. The highest BCUT2D eigenvalue weighted by atomic mass is 16.5. The zero-order chi connectivity index (χ0) is 15.0. The minimum Gasteiger partial charge on any atom is -0.368 e. The molecule has 21 heavy (non-hydrogen) atoms. The fourth-order valence-electron chi connectivity index (χ4n) is 2.22. The summed E-state index contributed by atoms with van der Waals surface area (Å²) in [5.74, 6) is 0.263. The van der Waals surface area contributed by atoms with E-state index in [4.69, 9.17) is 10.3 Å². The van der Waals surface area contributed by atoms with Crippen LogP contribution in [0.1, 0.15) is 19.9 Å². The molecule has 0 aliphatic heterocycles. The Bertz CT molecular complexity index is 826. The number of anilines is 1. The maximum Gasteiger partial charge on any atom is 0.332 e. The van der Waals surface area contributed by atoms with Gasteiger partial charge in [-0.25, -0.2) is 4.79 Å². The molecule has 3 aromatic rings. The van der Waals surface area contributed by atoms with Gasteiger partial charge in [0.25, 0.3) is 0 Å². The highest BCUT2D eigenvalue weighted by Gasteiger charge is 2.10. The zero-order valence-corrected chi connectivity index (χ0v) is 11.9. The van der Waals surface area contributed by atoms with Crippen LogP contribution in [0.3, 0.4) is 0 Å². The zero-order valence-electron chi connectivity index (χ0n) is 11.9. The molecule has 0 radical (unpaired) electrons. The molecule has 6 nitrogen and oxygen atoms in total. The van der Waals surface area contributed by atoms with Gasteiger partial charge in [0.05, 0.1) is 5.69 Å². The van der Waals surface area contributed by atoms with E-state index in [1.807, 2.05) is 38.1 Å². The number of hydrogen-bond acceptors (Lipinski definition) is 4. The van der Waals surface area contributed by atoms with Gasteiger partial charge in [0, 0.05) is 30.1 Å². The Hall–Kier alpha value is -2.76. The van der Waals surface area contributed by atoms with Gasteiger partial charge in [-0.05, 0) is 26.0 Å². The van der Waals surface area contributed by atoms with Crippen molar-refractivity contribution in [3.8, 4) is 16.9 Å². The second-order valence-corrected chi connectivity index (χ2v) is 5.12. The maximum absolute atomic E-state index is 12.3. The van der Waals surface area contributed by atoms with Crippen LogP contribution in [0.15, 0.2) is 52.0 Å². The average molecular weight is 284 g/mol. The van der Waals surface area contributed by atoms with Crippen LogP contribution in [0.25, 0.3) is 16.9 Å². The van der Waals surface area contributed by atoms with E-state index >= 15 is 0 Å². The van der Waals surface area contributed by atoms with E-state index in [0.29, 0.717) is 5.69 Å². The van der Waals surface area contributed by atoms with Crippen LogP contribution >= 0.6 is 0 Å². The maximum atomic E-state index is 12.3. The summed E-state index contributed by atoms with van der Waals surface area (Å²) in [5.41, 5.74) is 7.74. The second kappa shape index (κ2) is 4.97. The Kier molecular flexibility index (Phi) is 3.13. The van der Waals surface area contributed by atoms with Gasteiger partial charge in [0.1, 0.15) is 5.69 Å². The lowest BCUT2D eigenvalue weighted by molar-refractivity contribution is 0.439. The van der Waals surface area contributed by atoms with Crippen LogP contribution in [0.5, 0.6) is 0 Å². The van der Waals surface area contributed by atoms with Gasteiger partial charge >= 0.3 is 5.69 Å². The van der Waals surface area contributed by atoms with Crippen molar-refractivity contribution in [1.29, 1.82) is 0 Å². The summed E-state index contributed by atoms with van der Waals surface area (Å²) >= 11 is 0. The molecule has 0 bridgehead atoms. The third kappa shape index (κ3) is 2.35. The Balaban J connectivity index is 2.06. The molecule has 0 atom stereocenters. The number of imidazole rings is 1. The van der Waals surface area contributed by atoms with Crippen LogP contribution in [-0.2, 0) is 0 Å². The van der Waals surface area contributed by atoms with Gasteiger partial charge in [-0.2, -0.15) is 0 Å². The molecule has 2 aromatic heterocycles. The van der Waals surface area contributed by atoms with Crippen LogP contribution < -0.4 is 11.4 Å². The van der Waals surface area contributed by atoms with E-state index in [1.165, 1.54) is 0 Å². The van der Waals surface area contributed by atoms with Crippen LogP contribution in [-0.4, -0.2) is 14.3 Å². The topological polar surface area (TPSA) is 79.0 Å². The van der Waals surface area contributed by atoms with Crippen molar-refractivity contribution in [2.45, 2.75) is 19.9 Å². The highest BCUT2D eigenvalue weighted by molar-refractivity contribution is 5.63. The molecule has 3 rings (SSSR count). The molecule has 0 spiro atoms. The minimum absolute atomic E-state index is 0.0678. The first-order chi connectivity index (χ1) is 10.1. The SMILES string of the molecule is CC(C)n1ccn(-c2cccc(-c3cc(N)on3)c2)c1=O. The van der Waals surface area contributed by atoms with Crippen molar-refractivity contribution in [3.05, 3.63) is 53.2 Å². The summed E-state index contributed by atoms with van der Waals surface area (Å²) in [4.78, 5) is 12.3. The largest absolute Gasteiger partial charge is 0.368 e. The van der Waals surface area contributed by atoms with Crippen LogP contribution in [0.4, 0.5) is 5.88 Å². The molecule has 0 amide bonds. The fourth-order valence-corrected chi connectivity index (χ4v) is 2.22. The molecule has 0 aliphatic rings. The van der Waals surface area contributed by atoms with Gasteiger partial charge in [0.15, 0.2) is 0 Å².